The first-order valence-electron chi connectivity index (χ1n) is 6.35. The molecule has 1 aromatic rings. The number of hydrogen-bond donors (Lipinski definition) is 1. The van der Waals surface area contributed by atoms with Crippen LogP contribution < -0.4 is 0 Å². The van der Waals surface area contributed by atoms with E-state index in [0.29, 0.717) is 6.61 Å². The summed E-state index contributed by atoms with van der Waals surface area (Å²) in [5.41, 5.74) is 1.30. The van der Waals surface area contributed by atoms with Crippen molar-refractivity contribution in [1.82, 2.24) is 4.90 Å². The van der Waals surface area contributed by atoms with Gasteiger partial charge >= 0.3 is 0 Å². The van der Waals surface area contributed by atoms with Gasteiger partial charge in [0, 0.05) is 19.2 Å². The van der Waals surface area contributed by atoms with Crippen LogP contribution >= 0.6 is 0 Å². The summed E-state index contributed by atoms with van der Waals surface area (Å²) in [5.74, 6) is 0. The molecule has 1 fully saturated rings. The van der Waals surface area contributed by atoms with Gasteiger partial charge in [-0.05, 0) is 18.5 Å². The average Bonchev–Trinajstić information content (AvgIpc) is 2.38. The summed E-state index contributed by atoms with van der Waals surface area (Å²) in [5, 5.41) is 9.98. The van der Waals surface area contributed by atoms with Crippen LogP contribution in [0.25, 0.3) is 0 Å². The van der Waals surface area contributed by atoms with E-state index in [1.54, 1.807) is 0 Å². The van der Waals surface area contributed by atoms with Crippen molar-refractivity contribution < 1.29 is 9.84 Å². The zero-order valence-corrected chi connectivity index (χ0v) is 10.4. The van der Waals surface area contributed by atoms with Crippen molar-refractivity contribution in [2.75, 3.05) is 19.8 Å². The summed E-state index contributed by atoms with van der Waals surface area (Å²) in [7, 11) is 0. The van der Waals surface area contributed by atoms with Crippen LogP contribution in [0.4, 0.5) is 0 Å². The van der Waals surface area contributed by atoms with E-state index < -0.39 is 0 Å². The number of benzene rings is 1. The van der Waals surface area contributed by atoms with Crippen LogP contribution in [-0.4, -0.2) is 41.9 Å². The van der Waals surface area contributed by atoms with E-state index >= 15 is 0 Å². The molecule has 1 aliphatic rings. The maximum atomic E-state index is 9.98. The second-order valence-electron chi connectivity index (χ2n) is 4.55. The summed E-state index contributed by atoms with van der Waals surface area (Å²) in [6.07, 6.45) is 0.564. The van der Waals surface area contributed by atoms with Crippen molar-refractivity contribution in [2.24, 2.45) is 0 Å². The van der Waals surface area contributed by atoms with Gasteiger partial charge in [-0.2, -0.15) is 0 Å². The second-order valence-corrected chi connectivity index (χ2v) is 4.55. The molecule has 94 valence electrons. The molecule has 0 amide bonds. The number of likely N-dealkylation sites (N-methyl/N-ethyl adjacent to an activating group) is 1. The van der Waals surface area contributed by atoms with E-state index in [-0.39, 0.29) is 12.1 Å². The van der Waals surface area contributed by atoms with Crippen molar-refractivity contribution in [2.45, 2.75) is 32.0 Å². The zero-order valence-electron chi connectivity index (χ0n) is 10.4. The Morgan fingerprint density at radius 1 is 1.35 bits per heavy atom. The van der Waals surface area contributed by atoms with Gasteiger partial charge in [0.05, 0.1) is 12.7 Å². The van der Waals surface area contributed by atoms with E-state index in [4.69, 9.17) is 4.74 Å². The number of aliphatic hydroxyl groups is 1. The van der Waals surface area contributed by atoms with Crippen molar-refractivity contribution in [3.05, 3.63) is 35.9 Å². The Morgan fingerprint density at radius 3 is 2.76 bits per heavy atom. The van der Waals surface area contributed by atoms with Gasteiger partial charge in [0.15, 0.2) is 0 Å². The van der Waals surface area contributed by atoms with Crippen LogP contribution in [0, 0.1) is 0 Å². The summed E-state index contributed by atoms with van der Waals surface area (Å²) in [4.78, 5) is 2.34. The van der Waals surface area contributed by atoms with Crippen LogP contribution in [0.15, 0.2) is 30.3 Å². The highest BCUT2D eigenvalue weighted by Gasteiger charge is 2.28. The highest BCUT2D eigenvalue weighted by molar-refractivity contribution is 5.14. The lowest BCUT2D eigenvalue weighted by molar-refractivity contribution is -0.0656. The molecular formula is C14H21NO2. The van der Waals surface area contributed by atoms with E-state index in [9.17, 15) is 5.11 Å². The average molecular weight is 235 g/mol. The number of aliphatic hydroxyl groups excluding tert-OH is 1. The highest BCUT2D eigenvalue weighted by Crippen LogP contribution is 2.17. The van der Waals surface area contributed by atoms with Gasteiger partial charge in [0.2, 0.25) is 0 Å². The number of ether oxygens (including phenoxy) is 1. The van der Waals surface area contributed by atoms with Crippen LogP contribution in [0.5, 0.6) is 0 Å². The third kappa shape index (κ3) is 3.28. The minimum absolute atomic E-state index is 0.231. The molecule has 1 aromatic carbocycles. The molecule has 0 radical (unpaired) electrons. The smallest absolute Gasteiger partial charge is 0.0929 e. The zero-order chi connectivity index (χ0) is 12.1. The molecular weight excluding hydrogens is 214 g/mol. The molecule has 0 saturated carbocycles. The Kier molecular flexibility index (Phi) is 4.54. The fraction of sp³-hybridized carbons (Fsp3) is 0.571. The lowest BCUT2D eigenvalue weighted by Crippen LogP contribution is -2.48. The first-order valence-corrected chi connectivity index (χ1v) is 6.35. The summed E-state index contributed by atoms with van der Waals surface area (Å²) < 4.78 is 5.28. The minimum Gasteiger partial charge on any atom is -0.389 e. The summed E-state index contributed by atoms with van der Waals surface area (Å²) in [6, 6.07) is 10.6. The monoisotopic (exact) mass is 235 g/mol. The maximum absolute atomic E-state index is 9.98. The quantitative estimate of drug-likeness (QED) is 0.861. The van der Waals surface area contributed by atoms with E-state index in [0.717, 1.165) is 26.1 Å². The van der Waals surface area contributed by atoms with Crippen molar-refractivity contribution in [1.29, 1.82) is 0 Å². The molecule has 0 spiro atoms. The second kappa shape index (κ2) is 6.15. The molecule has 0 aliphatic carbocycles. The topological polar surface area (TPSA) is 32.7 Å². The van der Waals surface area contributed by atoms with E-state index in [1.165, 1.54) is 5.56 Å². The highest BCUT2D eigenvalue weighted by atomic mass is 16.5. The molecule has 1 aliphatic heterocycles. The lowest BCUT2D eigenvalue weighted by atomic mass is 10.0. The normalized spacial score (nSPS) is 25.1. The number of hydrogen-bond acceptors (Lipinski definition) is 3. The van der Waals surface area contributed by atoms with Crippen LogP contribution in [0.2, 0.25) is 0 Å². The van der Waals surface area contributed by atoms with Crippen LogP contribution in [0.3, 0.4) is 0 Å². The maximum Gasteiger partial charge on any atom is 0.0929 e. The first-order chi connectivity index (χ1) is 8.31. The largest absolute Gasteiger partial charge is 0.389 e. The van der Waals surface area contributed by atoms with Gasteiger partial charge in [-0.25, -0.2) is 0 Å². The van der Waals surface area contributed by atoms with E-state index in [1.807, 2.05) is 6.07 Å². The predicted octanol–water partition coefficient (Wildman–Crippen LogP) is 1.66. The summed E-state index contributed by atoms with van der Waals surface area (Å²) >= 11 is 0. The fourth-order valence-corrected chi connectivity index (χ4v) is 2.42. The molecule has 3 nitrogen and oxygen atoms in total. The number of nitrogens with zero attached hydrogens (tertiary/aromatic N) is 1. The Balaban J connectivity index is 2.00. The van der Waals surface area contributed by atoms with Crippen molar-refractivity contribution >= 4 is 0 Å². The Bertz CT molecular complexity index is 328. The SMILES string of the molecule is CCN(Cc1ccccc1)C1CCOCC1O. The molecule has 1 saturated heterocycles. The van der Waals surface area contributed by atoms with Gasteiger partial charge in [0.25, 0.3) is 0 Å². The Morgan fingerprint density at radius 2 is 2.12 bits per heavy atom. The number of rotatable bonds is 4. The molecule has 0 bridgehead atoms. The van der Waals surface area contributed by atoms with Gasteiger partial charge in [-0.1, -0.05) is 37.3 Å². The van der Waals surface area contributed by atoms with Crippen molar-refractivity contribution in [3.8, 4) is 0 Å². The summed E-state index contributed by atoms with van der Waals surface area (Å²) in [6.45, 7) is 5.23. The molecule has 2 unspecified atom stereocenters. The first kappa shape index (κ1) is 12.6. The lowest BCUT2D eigenvalue weighted by Gasteiger charge is -2.37. The van der Waals surface area contributed by atoms with Gasteiger partial charge in [0.1, 0.15) is 0 Å². The van der Waals surface area contributed by atoms with Crippen LogP contribution in [-0.2, 0) is 11.3 Å². The third-order valence-electron chi connectivity index (χ3n) is 3.39. The minimum atomic E-state index is -0.354. The van der Waals surface area contributed by atoms with Gasteiger partial charge < -0.3 is 9.84 Å². The Labute approximate surface area is 103 Å². The third-order valence-corrected chi connectivity index (χ3v) is 3.39. The van der Waals surface area contributed by atoms with Crippen LogP contribution in [0.1, 0.15) is 18.9 Å². The molecule has 2 atom stereocenters. The molecule has 0 aromatic heterocycles. The fourth-order valence-electron chi connectivity index (χ4n) is 2.42. The Hall–Kier alpha value is -0.900. The molecule has 1 heterocycles. The molecule has 17 heavy (non-hydrogen) atoms. The standard InChI is InChI=1S/C14H21NO2/c1-2-15(10-12-6-4-3-5-7-12)13-8-9-17-11-14(13)16/h3-7,13-14,16H,2,8-11H2,1H3. The molecule has 3 heteroatoms. The van der Waals surface area contributed by atoms with E-state index in [2.05, 4.69) is 36.1 Å². The van der Waals surface area contributed by atoms with Crippen molar-refractivity contribution in [3.63, 3.8) is 0 Å². The predicted molar refractivity (Wildman–Crippen MR) is 67.8 cm³/mol. The van der Waals surface area contributed by atoms with Gasteiger partial charge in [-0.3, -0.25) is 4.90 Å². The van der Waals surface area contributed by atoms with Gasteiger partial charge in [-0.15, -0.1) is 0 Å². The molecule has 1 N–H and O–H groups in total. The molecule has 2 rings (SSSR count).